The molecule has 0 aliphatic carbocycles. The highest BCUT2D eigenvalue weighted by Gasteiger charge is 2.27. The van der Waals surface area contributed by atoms with Gasteiger partial charge in [0.05, 0.1) is 19.1 Å². The van der Waals surface area contributed by atoms with Gasteiger partial charge in [0.25, 0.3) is 0 Å². The highest BCUT2D eigenvalue weighted by atomic mass is 16.6. The van der Waals surface area contributed by atoms with Crippen LogP contribution in [0.5, 0.6) is 0 Å². The number of anilines is 2. The molecule has 0 saturated carbocycles. The van der Waals surface area contributed by atoms with E-state index in [1.54, 1.807) is 26.1 Å². The molecular formula is C28H38N4O5. The molecule has 200 valence electrons. The normalized spacial score (nSPS) is 17.8. The van der Waals surface area contributed by atoms with Gasteiger partial charge in [-0.1, -0.05) is 18.2 Å². The number of amides is 1. The zero-order chi connectivity index (χ0) is 27.2. The van der Waals surface area contributed by atoms with Crippen LogP contribution in [0, 0.1) is 0 Å². The number of hydrogen-bond acceptors (Lipinski definition) is 7. The molecule has 2 aromatic rings. The fraction of sp³-hybridized carbons (Fsp3) is 0.464. The topological polar surface area (TPSA) is 127 Å². The van der Waals surface area contributed by atoms with E-state index in [2.05, 4.69) is 10.3 Å². The Hall–Kier alpha value is -3.75. The van der Waals surface area contributed by atoms with Crippen molar-refractivity contribution in [2.24, 2.45) is 0 Å². The van der Waals surface area contributed by atoms with Gasteiger partial charge < -0.3 is 30.4 Å². The Morgan fingerprint density at radius 1 is 1.16 bits per heavy atom. The van der Waals surface area contributed by atoms with Crippen LogP contribution in [0.1, 0.15) is 65.1 Å². The lowest BCUT2D eigenvalue weighted by Crippen LogP contribution is -2.37. The van der Waals surface area contributed by atoms with E-state index < -0.39 is 17.7 Å². The summed E-state index contributed by atoms with van der Waals surface area (Å²) in [7, 11) is 1.67. The van der Waals surface area contributed by atoms with E-state index in [4.69, 9.17) is 15.2 Å². The van der Waals surface area contributed by atoms with E-state index in [1.165, 1.54) is 11.0 Å². The molecule has 1 aliphatic heterocycles. The molecule has 0 saturated heterocycles. The molecule has 4 N–H and O–H groups in total. The summed E-state index contributed by atoms with van der Waals surface area (Å²) in [6.45, 7) is 7.54. The van der Waals surface area contributed by atoms with Crippen molar-refractivity contribution in [3.8, 4) is 11.1 Å². The number of ether oxygens (including phenoxy) is 2. The molecule has 2 atom stereocenters. The number of hydrogen-bond donors (Lipinski definition) is 3. The maximum absolute atomic E-state index is 12.9. The van der Waals surface area contributed by atoms with Gasteiger partial charge in [-0.25, -0.2) is 4.79 Å². The van der Waals surface area contributed by atoms with Gasteiger partial charge in [-0.05, 0) is 70.7 Å². The lowest BCUT2D eigenvalue weighted by atomic mass is 9.99. The maximum Gasteiger partial charge on any atom is 0.410 e. The van der Waals surface area contributed by atoms with E-state index >= 15 is 0 Å². The van der Waals surface area contributed by atoms with Crippen molar-refractivity contribution in [3.05, 3.63) is 58.5 Å². The minimum atomic E-state index is -0.655. The van der Waals surface area contributed by atoms with E-state index in [0.717, 1.165) is 5.56 Å². The summed E-state index contributed by atoms with van der Waals surface area (Å²) >= 11 is 0. The van der Waals surface area contributed by atoms with Gasteiger partial charge in [0, 0.05) is 41.8 Å². The molecule has 0 radical (unpaired) electrons. The number of nitrogen functional groups attached to an aromatic ring is 1. The lowest BCUT2D eigenvalue weighted by Gasteiger charge is -2.30. The number of benzene rings is 1. The van der Waals surface area contributed by atoms with E-state index in [0.29, 0.717) is 48.5 Å². The van der Waals surface area contributed by atoms with Gasteiger partial charge in [0.15, 0.2) is 0 Å². The minimum Gasteiger partial charge on any atom is -0.466 e. The monoisotopic (exact) mass is 510 g/mol. The maximum atomic E-state index is 12.9. The van der Waals surface area contributed by atoms with E-state index in [-0.39, 0.29) is 24.0 Å². The molecule has 1 amide bonds. The largest absolute Gasteiger partial charge is 0.466 e. The zero-order valence-corrected chi connectivity index (χ0v) is 22.3. The van der Waals surface area contributed by atoms with Gasteiger partial charge in [-0.15, -0.1) is 0 Å². The number of aromatic amines is 1. The molecular weight excluding hydrogens is 472 g/mol. The van der Waals surface area contributed by atoms with Crippen LogP contribution in [0.2, 0.25) is 0 Å². The molecule has 0 fully saturated rings. The Balaban J connectivity index is 2.08. The van der Waals surface area contributed by atoms with E-state index in [1.807, 2.05) is 45.1 Å². The van der Waals surface area contributed by atoms with Gasteiger partial charge in [0.1, 0.15) is 5.60 Å². The first-order valence-corrected chi connectivity index (χ1v) is 12.6. The van der Waals surface area contributed by atoms with Crippen LogP contribution in [0.25, 0.3) is 11.1 Å². The van der Waals surface area contributed by atoms with Crippen molar-refractivity contribution in [2.75, 3.05) is 24.7 Å². The number of nitrogens with one attached hydrogen (secondary N) is 2. The highest BCUT2D eigenvalue weighted by Crippen LogP contribution is 2.33. The van der Waals surface area contributed by atoms with Crippen LogP contribution in [-0.4, -0.2) is 47.2 Å². The number of nitrogens with two attached hydrogens (primary N) is 1. The summed E-state index contributed by atoms with van der Waals surface area (Å²) in [6.07, 6.45) is 5.57. The molecule has 37 heavy (non-hydrogen) atoms. The van der Waals surface area contributed by atoms with Crippen LogP contribution in [0.3, 0.4) is 0 Å². The Labute approximate surface area is 218 Å². The molecule has 1 aromatic carbocycles. The Morgan fingerprint density at radius 2 is 1.92 bits per heavy atom. The van der Waals surface area contributed by atoms with Crippen LogP contribution in [0.4, 0.5) is 16.2 Å². The molecule has 9 heteroatoms. The summed E-state index contributed by atoms with van der Waals surface area (Å²) in [5, 5.41) is 3.46. The Kier molecular flexibility index (Phi) is 9.02. The quantitative estimate of drug-likeness (QED) is 0.300. The van der Waals surface area contributed by atoms with Crippen molar-refractivity contribution in [1.29, 1.82) is 0 Å². The van der Waals surface area contributed by atoms with Gasteiger partial charge in [-0.2, -0.15) is 0 Å². The smallest absolute Gasteiger partial charge is 0.410 e. The number of rotatable bonds is 4. The number of nitrogens with zero attached hydrogens (tertiary/aromatic N) is 1. The number of fused-ring (bicyclic) bond motifs is 4. The molecule has 1 aromatic heterocycles. The Bertz CT molecular complexity index is 1200. The summed E-state index contributed by atoms with van der Waals surface area (Å²) in [5.41, 5.74) is 8.45. The number of allylic oxidation sites excluding steroid dienone is 1. The number of aromatic nitrogens is 1. The number of H-pyrrole nitrogens is 1. The summed E-state index contributed by atoms with van der Waals surface area (Å²) in [4.78, 5) is 42.4. The zero-order valence-electron chi connectivity index (χ0n) is 22.3. The Morgan fingerprint density at radius 3 is 2.62 bits per heavy atom. The van der Waals surface area contributed by atoms with Gasteiger partial charge in [0.2, 0.25) is 5.56 Å². The average molecular weight is 511 g/mol. The van der Waals surface area contributed by atoms with Crippen molar-refractivity contribution >= 4 is 23.4 Å². The molecule has 1 aliphatic rings. The molecule has 3 rings (SSSR count). The van der Waals surface area contributed by atoms with Crippen LogP contribution in [-0.2, 0) is 14.3 Å². The molecule has 9 nitrogen and oxygen atoms in total. The average Bonchev–Trinajstić information content (AvgIpc) is 2.79. The number of carbonyl (C=O) groups excluding carboxylic acids is 2. The second kappa shape index (κ2) is 12.0. The van der Waals surface area contributed by atoms with Crippen LogP contribution >= 0.6 is 0 Å². The predicted octanol–water partition coefficient (Wildman–Crippen LogP) is 5.01. The minimum absolute atomic E-state index is 0.195. The van der Waals surface area contributed by atoms with Crippen LogP contribution < -0.4 is 16.6 Å². The van der Waals surface area contributed by atoms with E-state index in [9.17, 15) is 14.4 Å². The molecule has 2 bridgehead atoms. The second-order valence-electron chi connectivity index (χ2n) is 10.2. The lowest BCUT2D eigenvalue weighted by molar-refractivity contribution is -0.143. The van der Waals surface area contributed by atoms with Crippen molar-refractivity contribution in [1.82, 2.24) is 9.88 Å². The fourth-order valence-corrected chi connectivity index (χ4v) is 4.29. The molecule has 0 spiro atoms. The fourth-order valence-electron chi connectivity index (χ4n) is 4.29. The first-order valence-electron chi connectivity index (χ1n) is 12.6. The van der Waals surface area contributed by atoms with Gasteiger partial charge in [-0.3, -0.25) is 9.59 Å². The first-order chi connectivity index (χ1) is 17.5. The predicted molar refractivity (Wildman–Crippen MR) is 145 cm³/mol. The number of pyridine rings is 1. The molecule has 2 heterocycles. The standard InChI is InChI=1S/C28H38N4O5/c1-6-36-26(34)17-20-10-8-7-9-11-24(32(5)27(35)37-28(2,3)4)23-14-18(15-25(33)31-23)21-13-12-19(29)16-22(21)30-20/h7,9,12-16,20,24,30H,6,8,10-11,17,29H2,1-5H3,(H,31,33). The van der Waals surface area contributed by atoms with Crippen molar-refractivity contribution in [2.45, 2.75) is 71.1 Å². The highest BCUT2D eigenvalue weighted by molar-refractivity contribution is 5.81. The molecule has 2 unspecified atom stereocenters. The van der Waals surface area contributed by atoms with Crippen LogP contribution in [0.15, 0.2) is 47.3 Å². The summed E-state index contributed by atoms with van der Waals surface area (Å²) in [6, 6.07) is 8.14. The summed E-state index contributed by atoms with van der Waals surface area (Å²) in [5.74, 6) is -0.281. The summed E-state index contributed by atoms with van der Waals surface area (Å²) < 4.78 is 10.8. The van der Waals surface area contributed by atoms with Gasteiger partial charge >= 0.3 is 12.1 Å². The number of carbonyl (C=O) groups is 2. The van der Waals surface area contributed by atoms with Crippen molar-refractivity contribution < 1.29 is 19.1 Å². The SMILES string of the molecule is CCOC(=O)CC1CCC=CCC(N(C)C(=O)OC(C)(C)C)c2cc(cc(=O)[nH]2)-c2ccc(N)cc2N1. The third-order valence-electron chi connectivity index (χ3n) is 6.01. The third-order valence-corrected chi connectivity index (χ3v) is 6.01. The first kappa shape index (κ1) is 27.8. The number of esters is 1. The third kappa shape index (κ3) is 7.87. The second-order valence-corrected chi connectivity index (χ2v) is 10.2. The van der Waals surface area contributed by atoms with Crippen molar-refractivity contribution in [3.63, 3.8) is 0 Å².